The molecule has 3 aromatic rings. The van der Waals surface area contributed by atoms with E-state index >= 15 is 4.39 Å². The molecule has 4 nitrogen and oxygen atoms in total. The largest absolute Gasteiger partial charge is 0.348 e. The van der Waals surface area contributed by atoms with Crippen molar-refractivity contribution in [1.29, 1.82) is 0 Å². The van der Waals surface area contributed by atoms with Gasteiger partial charge in [0.2, 0.25) is 0 Å². The smallest absolute Gasteiger partial charge is 0.264 e. The van der Waals surface area contributed by atoms with Crippen LogP contribution in [0, 0.1) is 0 Å². The number of nitrogens with zero attached hydrogens (tertiary/aromatic N) is 2. The van der Waals surface area contributed by atoms with Gasteiger partial charge in [-0.15, -0.1) is 11.3 Å². The highest BCUT2D eigenvalue weighted by Gasteiger charge is 2.30. The predicted molar refractivity (Wildman–Crippen MR) is 108 cm³/mol. The summed E-state index contributed by atoms with van der Waals surface area (Å²) in [6, 6.07) is 8.07. The van der Waals surface area contributed by atoms with E-state index in [0.29, 0.717) is 10.0 Å². The molecule has 2 heterocycles. The zero-order chi connectivity index (χ0) is 19.6. The van der Waals surface area contributed by atoms with Gasteiger partial charge in [0.15, 0.2) is 10.8 Å². The Balaban J connectivity index is 1.75. The number of hydrogen-bond acceptors (Lipinski definition) is 4. The van der Waals surface area contributed by atoms with E-state index in [1.165, 1.54) is 19.1 Å². The van der Waals surface area contributed by atoms with Crippen LogP contribution in [-0.4, -0.2) is 22.4 Å². The number of nitrogens with one attached hydrogen (secondary N) is 1. The van der Waals surface area contributed by atoms with E-state index in [9.17, 15) is 4.79 Å². The van der Waals surface area contributed by atoms with Gasteiger partial charge in [0.1, 0.15) is 9.88 Å². The van der Waals surface area contributed by atoms with Gasteiger partial charge in [0.05, 0.1) is 6.54 Å². The van der Waals surface area contributed by atoms with Gasteiger partial charge >= 0.3 is 0 Å². The van der Waals surface area contributed by atoms with Crippen molar-refractivity contribution < 1.29 is 9.18 Å². The van der Waals surface area contributed by atoms with Crippen molar-refractivity contribution in [3.8, 4) is 10.6 Å². The fourth-order valence-electron chi connectivity index (χ4n) is 2.39. The molecular weight excluding hydrogens is 432 g/mol. The van der Waals surface area contributed by atoms with E-state index in [-0.39, 0.29) is 27.2 Å². The average Bonchev–Trinajstić information content (AvgIpc) is 3.02. The molecule has 0 spiro atoms. The Morgan fingerprint density at radius 1 is 1.30 bits per heavy atom. The quantitative estimate of drug-likeness (QED) is 0.543. The summed E-state index contributed by atoms with van der Waals surface area (Å²) in [7, 11) is 0. The molecule has 0 fully saturated rings. The zero-order valence-electron chi connectivity index (χ0n) is 14.0. The molecule has 0 aliphatic rings. The fraction of sp³-hybridized carbons (Fsp3) is 0.167. The van der Waals surface area contributed by atoms with E-state index in [2.05, 4.69) is 15.3 Å². The van der Waals surface area contributed by atoms with Crippen LogP contribution in [0.25, 0.3) is 10.6 Å². The number of aromatic nitrogens is 2. The monoisotopic (exact) mass is 443 g/mol. The Hall–Kier alpha value is -1.73. The zero-order valence-corrected chi connectivity index (χ0v) is 17.1. The number of carbonyl (C=O) groups is 1. The van der Waals surface area contributed by atoms with Crippen LogP contribution < -0.4 is 5.32 Å². The number of alkyl halides is 1. The molecule has 27 heavy (non-hydrogen) atoms. The molecular formula is C18H13Cl3FN3OS. The number of carbonyl (C=O) groups excluding carboxylic acids is 1. The number of rotatable bonds is 5. The second kappa shape index (κ2) is 8.10. The van der Waals surface area contributed by atoms with Crippen molar-refractivity contribution in [3.63, 3.8) is 0 Å². The van der Waals surface area contributed by atoms with Crippen LogP contribution >= 0.6 is 46.1 Å². The van der Waals surface area contributed by atoms with Crippen molar-refractivity contribution >= 4 is 52.0 Å². The first-order valence-corrected chi connectivity index (χ1v) is 9.72. The SMILES string of the molecule is CC(F)(CNC(=O)c1sc(-c2cccnc2)nc1Cl)c1ccc(Cl)cc1Cl. The Kier molecular flexibility index (Phi) is 6.01. The molecule has 9 heteroatoms. The maximum absolute atomic E-state index is 15.1. The highest BCUT2D eigenvalue weighted by molar-refractivity contribution is 7.17. The maximum Gasteiger partial charge on any atom is 0.264 e. The third kappa shape index (κ3) is 4.58. The topological polar surface area (TPSA) is 54.9 Å². The summed E-state index contributed by atoms with van der Waals surface area (Å²) in [5, 5.41) is 3.76. The van der Waals surface area contributed by atoms with Crippen LogP contribution in [0.4, 0.5) is 4.39 Å². The van der Waals surface area contributed by atoms with Crippen LogP contribution in [0.15, 0.2) is 42.7 Å². The number of benzene rings is 1. The molecule has 1 N–H and O–H groups in total. The van der Waals surface area contributed by atoms with Crippen molar-refractivity contribution in [2.45, 2.75) is 12.6 Å². The van der Waals surface area contributed by atoms with Crippen LogP contribution in [0.3, 0.4) is 0 Å². The number of halogens is 4. The van der Waals surface area contributed by atoms with Gasteiger partial charge in [0, 0.05) is 33.6 Å². The molecule has 0 saturated carbocycles. The second-order valence-corrected chi connectivity index (χ2v) is 8.09. The number of thiazole rings is 1. The molecule has 1 aromatic carbocycles. The summed E-state index contributed by atoms with van der Waals surface area (Å²) in [4.78, 5) is 20.9. The summed E-state index contributed by atoms with van der Waals surface area (Å²) in [5.74, 6) is -0.512. The normalized spacial score (nSPS) is 13.2. The van der Waals surface area contributed by atoms with E-state index in [4.69, 9.17) is 34.8 Å². The number of pyridine rings is 1. The van der Waals surface area contributed by atoms with Crippen molar-refractivity contribution in [2.24, 2.45) is 0 Å². The lowest BCUT2D eigenvalue weighted by Gasteiger charge is -2.22. The van der Waals surface area contributed by atoms with Crippen molar-refractivity contribution in [2.75, 3.05) is 6.54 Å². The first kappa shape index (κ1) is 20.0. The molecule has 0 aliphatic carbocycles. The van der Waals surface area contributed by atoms with Gasteiger partial charge in [-0.25, -0.2) is 9.37 Å². The van der Waals surface area contributed by atoms with Gasteiger partial charge < -0.3 is 5.32 Å². The Labute approximate surface area is 174 Å². The lowest BCUT2D eigenvalue weighted by molar-refractivity contribution is 0.0914. The minimum absolute atomic E-state index is 0.0569. The molecule has 0 radical (unpaired) electrons. The van der Waals surface area contributed by atoms with E-state index in [1.54, 1.807) is 24.5 Å². The van der Waals surface area contributed by atoms with E-state index in [1.807, 2.05) is 6.07 Å². The standard InChI is InChI=1S/C18H13Cl3FN3OS/c1-18(22,12-5-4-11(19)7-13(12)20)9-24-16(26)14-15(21)25-17(27-14)10-3-2-6-23-8-10/h2-8H,9H2,1H3,(H,24,26). The fourth-order valence-corrected chi connectivity index (χ4v) is 4.19. The van der Waals surface area contributed by atoms with Crippen LogP contribution in [0.1, 0.15) is 22.2 Å². The Morgan fingerprint density at radius 2 is 2.07 bits per heavy atom. The number of amides is 1. The molecule has 0 saturated heterocycles. The van der Waals surface area contributed by atoms with Gasteiger partial charge in [0.25, 0.3) is 5.91 Å². The van der Waals surface area contributed by atoms with Gasteiger partial charge in [-0.1, -0.05) is 40.9 Å². The number of hydrogen-bond donors (Lipinski definition) is 1. The van der Waals surface area contributed by atoms with E-state index < -0.39 is 11.6 Å². The van der Waals surface area contributed by atoms with E-state index in [0.717, 1.165) is 16.9 Å². The molecule has 1 unspecified atom stereocenters. The lowest BCUT2D eigenvalue weighted by Crippen LogP contribution is -2.35. The van der Waals surface area contributed by atoms with Crippen molar-refractivity contribution in [3.05, 3.63) is 68.4 Å². The average molecular weight is 445 g/mol. The minimum atomic E-state index is -1.89. The molecule has 0 bridgehead atoms. The van der Waals surface area contributed by atoms with Crippen LogP contribution in [-0.2, 0) is 5.67 Å². The molecule has 3 rings (SSSR count). The highest BCUT2D eigenvalue weighted by atomic mass is 35.5. The minimum Gasteiger partial charge on any atom is -0.348 e. The third-order valence-corrected chi connectivity index (χ3v) is 5.81. The molecule has 140 valence electrons. The van der Waals surface area contributed by atoms with Gasteiger partial charge in [-0.2, -0.15) is 0 Å². The summed E-state index contributed by atoms with van der Waals surface area (Å²) in [5.41, 5.74) is -0.909. The molecule has 1 atom stereocenters. The van der Waals surface area contributed by atoms with Gasteiger partial charge in [-0.05, 0) is 31.2 Å². The first-order valence-electron chi connectivity index (χ1n) is 7.77. The third-order valence-electron chi connectivity index (χ3n) is 3.77. The summed E-state index contributed by atoms with van der Waals surface area (Å²) < 4.78 is 15.1. The predicted octanol–water partition coefficient (Wildman–Crippen LogP) is 5.78. The summed E-state index contributed by atoms with van der Waals surface area (Å²) >= 11 is 19.1. The Bertz CT molecular complexity index is 979. The van der Waals surface area contributed by atoms with Crippen LogP contribution in [0.2, 0.25) is 15.2 Å². The lowest BCUT2D eigenvalue weighted by atomic mass is 9.98. The van der Waals surface area contributed by atoms with Crippen LogP contribution in [0.5, 0.6) is 0 Å². The van der Waals surface area contributed by atoms with Crippen molar-refractivity contribution in [1.82, 2.24) is 15.3 Å². The molecule has 0 aliphatic heterocycles. The summed E-state index contributed by atoms with van der Waals surface area (Å²) in [6.45, 7) is 1.04. The maximum atomic E-state index is 15.1. The van der Waals surface area contributed by atoms with Gasteiger partial charge in [-0.3, -0.25) is 9.78 Å². The second-order valence-electron chi connectivity index (χ2n) is 5.88. The Morgan fingerprint density at radius 3 is 2.74 bits per heavy atom. The summed E-state index contributed by atoms with van der Waals surface area (Å²) in [6.07, 6.45) is 3.26. The molecule has 2 aromatic heterocycles. The first-order chi connectivity index (χ1) is 12.8. The highest BCUT2D eigenvalue weighted by Crippen LogP contribution is 2.34. The molecule has 1 amide bonds.